The summed E-state index contributed by atoms with van der Waals surface area (Å²) in [6.45, 7) is 0. The Hall–Kier alpha value is -0.920. The highest BCUT2D eigenvalue weighted by Crippen LogP contribution is 2.03. The largest absolute Gasteiger partial charge is 0.295 e. The van der Waals surface area contributed by atoms with Crippen molar-refractivity contribution >= 4 is 11.6 Å². The lowest BCUT2D eigenvalue weighted by Crippen LogP contribution is -1.89. The van der Waals surface area contributed by atoms with Crippen LogP contribution in [0.4, 0.5) is 0 Å². The fourth-order valence-electron chi connectivity index (χ4n) is 0.789. The molecular formula is C7H8O2. The maximum Gasteiger partial charge on any atom is 0.155 e. The van der Waals surface area contributed by atoms with Gasteiger partial charge in [0, 0.05) is 12.8 Å². The number of hydrogen-bond acceptors (Lipinski definition) is 2. The van der Waals surface area contributed by atoms with Crippen LogP contribution in [0.1, 0.15) is 19.3 Å². The van der Waals surface area contributed by atoms with Crippen LogP contribution in [0.3, 0.4) is 0 Å². The molecular weight excluding hydrogens is 116 g/mol. The fourth-order valence-corrected chi connectivity index (χ4v) is 0.789. The quantitative estimate of drug-likeness (QED) is 0.480. The minimum atomic E-state index is 0.0702. The van der Waals surface area contributed by atoms with Gasteiger partial charge >= 0.3 is 0 Å². The molecule has 0 aromatic rings. The van der Waals surface area contributed by atoms with E-state index >= 15 is 0 Å². The van der Waals surface area contributed by atoms with Crippen molar-refractivity contribution in [1.82, 2.24) is 0 Å². The maximum absolute atomic E-state index is 10.6. The molecule has 0 heterocycles. The van der Waals surface area contributed by atoms with Gasteiger partial charge in [-0.1, -0.05) is 0 Å². The number of ketones is 2. The van der Waals surface area contributed by atoms with Crippen molar-refractivity contribution in [2.45, 2.75) is 19.3 Å². The van der Waals surface area contributed by atoms with Gasteiger partial charge in [-0.05, 0) is 18.6 Å². The van der Waals surface area contributed by atoms with Gasteiger partial charge < -0.3 is 0 Å². The summed E-state index contributed by atoms with van der Waals surface area (Å²) in [5.74, 6) is 0.140. The zero-order valence-electron chi connectivity index (χ0n) is 5.09. The van der Waals surface area contributed by atoms with Gasteiger partial charge in [0.15, 0.2) is 11.6 Å². The lowest BCUT2D eigenvalue weighted by atomic mass is 10.2. The molecule has 0 bridgehead atoms. The van der Waals surface area contributed by atoms with Gasteiger partial charge in [-0.15, -0.1) is 0 Å². The Morgan fingerprint density at radius 1 is 1.00 bits per heavy atom. The van der Waals surface area contributed by atoms with Gasteiger partial charge in [-0.25, -0.2) is 0 Å². The molecule has 0 saturated carbocycles. The van der Waals surface area contributed by atoms with Crippen LogP contribution in [0.2, 0.25) is 0 Å². The minimum absolute atomic E-state index is 0.0702. The average molecular weight is 124 g/mol. The molecule has 0 atom stereocenters. The second-order valence-corrected chi connectivity index (χ2v) is 2.12. The number of carbonyl (C=O) groups excluding carboxylic acids is 2. The van der Waals surface area contributed by atoms with Crippen LogP contribution in [0.25, 0.3) is 0 Å². The van der Waals surface area contributed by atoms with E-state index < -0.39 is 0 Å². The van der Waals surface area contributed by atoms with Gasteiger partial charge in [-0.2, -0.15) is 0 Å². The molecule has 0 aromatic carbocycles. The molecule has 0 fully saturated rings. The van der Waals surface area contributed by atoms with E-state index in [2.05, 4.69) is 0 Å². The van der Waals surface area contributed by atoms with Crippen LogP contribution < -0.4 is 0 Å². The number of allylic oxidation sites excluding steroid dienone is 2. The van der Waals surface area contributed by atoms with Crippen molar-refractivity contribution in [2.24, 2.45) is 0 Å². The van der Waals surface area contributed by atoms with Crippen LogP contribution in [0, 0.1) is 0 Å². The minimum Gasteiger partial charge on any atom is -0.295 e. The Bertz CT molecular complexity index is 150. The number of carbonyl (C=O) groups is 2. The summed E-state index contributed by atoms with van der Waals surface area (Å²) in [6, 6.07) is 0. The van der Waals surface area contributed by atoms with E-state index in [-0.39, 0.29) is 11.6 Å². The summed E-state index contributed by atoms with van der Waals surface area (Å²) < 4.78 is 0. The molecule has 0 saturated heterocycles. The number of hydrogen-bond donors (Lipinski definition) is 0. The average Bonchev–Trinajstić information content (AvgIpc) is 1.97. The second kappa shape index (κ2) is 2.58. The molecule has 0 amide bonds. The van der Waals surface area contributed by atoms with E-state index in [9.17, 15) is 9.59 Å². The molecule has 48 valence electrons. The molecule has 1 rings (SSSR count). The third-order valence-corrected chi connectivity index (χ3v) is 1.30. The zero-order chi connectivity index (χ0) is 6.69. The molecule has 0 radical (unpaired) electrons. The van der Waals surface area contributed by atoms with Crippen LogP contribution in [0.5, 0.6) is 0 Å². The summed E-state index contributed by atoms with van der Waals surface area (Å²) in [4.78, 5) is 21.2. The van der Waals surface area contributed by atoms with E-state index in [0.717, 1.165) is 0 Å². The molecule has 1 aliphatic carbocycles. The maximum atomic E-state index is 10.6. The Morgan fingerprint density at radius 2 is 1.44 bits per heavy atom. The van der Waals surface area contributed by atoms with Gasteiger partial charge in [0.1, 0.15) is 0 Å². The van der Waals surface area contributed by atoms with Crippen molar-refractivity contribution < 1.29 is 9.59 Å². The molecule has 0 aromatic heterocycles. The lowest BCUT2D eigenvalue weighted by Gasteiger charge is -1.86. The fraction of sp³-hybridized carbons (Fsp3) is 0.429. The first-order chi connectivity index (χ1) is 4.29. The number of rotatable bonds is 0. The third kappa shape index (κ3) is 1.80. The lowest BCUT2D eigenvalue weighted by molar-refractivity contribution is -0.114. The Morgan fingerprint density at radius 3 is 1.89 bits per heavy atom. The highest BCUT2D eigenvalue weighted by molar-refractivity contribution is 6.00. The molecule has 0 unspecified atom stereocenters. The standard InChI is InChI=1S/C7H8O2/c8-6-2-1-3-7(9)5-4-6/h4-5H,1-3H2. The topological polar surface area (TPSA) is 34.1 Å². The third-order valence-electron chi connectivity index (χ3n) is 1.30. The molecule has 0 N–H and O–H groups in total. The summed E-state index contributed by atoms with van der Waals surface area (Å²) >= 11 is 0. The van der Waals surface area contributed by atoms with Crippen molar-refractivity contribution in [3.63, 3.8) is 0 Å². The van der Waals surface area contributed by atoms with Crippen LogP contribution in [-0.4, -0.2) is 11.6 Å². The summed E-state index contributed by atoms with van der Waals surface area (Å²) in [5.41, 5.74) is 0. The Labute approximate surface area is 53.6 Å². The molecule has 9 heavy (non-hydrogen) atoms. The highest BCUT2D eigenvalue weighted by Gasteiger charge is 2.05. The van der Waals surface area contributed by atoms with Gasteiger partial charge in [0.05, 0.1) is 0 Å². The normalized spacial score (nSPS) is 20.0. The van der Waals surface area contributed by atoms with Gasteiger partial charge in [0.2, 0.25) is 0 Å². The van der Waals surface area contributed by atoms with E-state index in [1.54, 1.807) is 0 Å². The SMILES string of the molecule is O=C1C=CC(=O)CCC1. The van der Waals surface area contributed by atoms with Crippen molar-refractivity contribution in [3.05, 3.63) is 12.2 Å². The van der Waals surface area contributed by atoms with Gasteiger partial charge in [-0.3, -0.25) is 9.59 Å². The van der Waals surface area contributed by atoms with Crippen molar-refractivity contribution in [3.8, 4) is 0 Å². The summed E-state index contributed by atoms with van der Waals surface area (Å²) in [7, 11) is 0. The molecule has 0 aliphatic heterocycles. The van der Waals surface area contributed by atoms with E-state index in [4.69, 9.17) is 0 Å². The zero-order valence-corrected chi connectivity index (χ0v) is 5.09. The second-order valence-electron chi connectivity index (χ2n) is 2.12. The van der Waals surface area contributed by atoms with Crippen LogP contribution in [-0.2, 0) is 9.59 Å². The van der Waals surface area contributed by atoms with Crippen LogP contribution in [0.15, 0.2) is 12.2 Å². The smallest absolute Gasteiger partial charge is 0.155 e. The van der Waals surface area contributed by atoms with Gasteiger partial charge in [0.25, 0.3) is 0 Å². The monoisotopic (exact) mass is 124 g/mol. The van der Waals surface area contributed by atoms with E-state index in [1.165, 1.54) is 12.2 Å². The first kappa shape index (κ1) is 6.20. The molecule has 1 aliphatic rings. The first-order valence-corrected chi connectivity index (χ1v) is 3.03. The van der Waals surface area contributed by atoms with E-state index in [1.807, 2.05) is 0 Å². The predicted molar refractivity (Wildman–Crippen MR) is 33.0 cm³/mol. The molecule has 2 nitrogen and oxygen atoms in total. The predicted octanol–water partition coefficient (Wildman–Crippen LogP) is 0.865. The molecule has 2 heteroatoms. The van der Waals surface area contributed by atoms with Crippen molar-refractivity contribution in [2.75, 3.05) is 0 Å². The summed E-state index contributed by atoms with van der Waals surface area (Å²) in [6.07, 6.45) is 4.51. The first-order valence-electron chi connectivity index (χ1n) is 3.03. The molecule has 0 spiro atoms. The summed E-state index contributed by atoms with van der Waals surface area (Å²) in [5, 5.41) is 0. The Kier molecular flexibility index (Phi) is 1.78. The van der Waals surface area contributed by atoms with Crippen LogP contribution >= 0.6 is 0 Å². The van der Waals surface area contributed by atoms with E-state index in [0.29, 0.717) is 19.3 Å². The Balaban J connectivity index is 2.63. The van der Waals surface area contributed by atoms with Crippen molar-refractivity contribution in [1.29, 1.82) is 0 Å². The highest BCUT2D eigenvalue weighted by atomic mass is 16.1.